The Morgan fingerprint density at radius 1 is 0.582 bits per heavy atom. The lowest BCUT2D eigenvalue weighted by Crippen LogP contribution is -2.61. The third-order valence-electron chi connectivity index (χ3n) is 18.5. The largest absolute Gasteiger partial charge is 0.387 e. The first kappa shape index (κ1) is 88.8. The van der Waals surface area contributed by atoms with Crippen LogP contribution in [0.3, 0.4) is 0 Å². The molecular formula is C80H152N12O6. The Bertz CT molecular complexity index is 2420. The summed E-state index contributed by atoms with van der Waals surface area (Å²) in [7, 11) is 3.92. The van der Waals surface area contributed by atoms with Crippen LogP contribution in [0.2, 0.25) is 0 Å². The molecule has 8 heterocycles. The molecule has 1 N–H and O–H groups in total. The van der Waals surface area contributed by atoms with Gasteiger partial charge in [0.2, 0.25) is 5.91 Å². The number of piperidine rings is 1. The molecule has 6 aliphatic rings. The van der Waals surface area contributed by atoms with Gasteiger partial charge in [-0.1, -0.05) is 181 Å². The quantitative estimate of drug-likeness (QED) is 0.0577. The lowest BCUT2D eigenvalue weighted by atomic mass is 9.90. The number of carbonyl (C=O) groups is 1. The third kappa shape index (κ3) is 37.7. The van der Waals surface area contributed by atoms with Crippen LogP contribution in [-0.2, 0) is 56.8 Å². The number of rotatable bonds is 33. The molecule has 0 radical (unpaired) electrons. The zero-order chi connectivity index (χ0) is 72.7. The maximum Gasteiger partial charge on any atom is 0.222 e. The summed E-state index contributed by atoms with van der Waals surface area (Å²) >= 11 is 0. The number of hydrogen-bond acceptors (Lipinski definition) is 15. The molecule has 98 heavy (non-hydrogen) atoms. The average Bonchev–Trinajstić information content (AvgIpc) is 1.14. The van der Waals surface area contributed by atoms with E-state index in [9.17, 15) is 9.90 Å². The van der Waals surface area contributed by atoms with E-state index >= 15 is 0 Å². The minimum atomic E-state index is -0.352. The van der Waals surface area contributed by atoms with Gasteiger partial charge in [-0.2, -0.15) is 5.10 Å². The van der Waals surface area contributed by atoms with Gasteiger partial charge in [0.1, 0.15) is 0 Å². The highest BCUT2D eigenvalue weighted by atomic mass is 16.5. The maximum atomic E-state index is 11.4. The standard InChI is InChI=1S/C16H25NO.C14H29NO3.C13H23N3.C11H22N2O.C9H19NO.C9H19N.C8H15N3/c1-4-14-5-7-15(8-6-14)12-18-16-10-17(11-16)9-13(2)3;1-4-5-16-6-7-17-8-9-18-14-11-15(12-14)10-13(2)3;1-11(2)9-16-7-5-4-6-13(16)12-8-14-15(3)10-12;1-5-11(14)12(4)10-7-13(8-10)6-9(2)3;1-4-9(11)6-10(7-9)5-8(2)3;1-4-9-6-10(7-9)5-8(2)3;1-4-8-6-11(10-9-8)5-7(2)3/h5-8,13,16H,4,9-12H2,1-3H3;13-14H,4-12H2,1-3H3;8,10-11,13H,4-7,9H2,1-3H3;9-10H,5-8H2,1-4H3;8,11H,4-7H2,1-3H3;8-9H,4-7H2,1-3H3;6-7H,4-5H2,1-3H3. The Morgan fingerprint density at radius 2 is 1.07 bits per heavy atom. The van der Waals surface area contributed by atoms with Crippen LogP contribution < -0.4 is 0 Å². The lowest BCUT2D eigenvalue weighted by molar-refractivity contribution is -0.135. The van der Waals surface area contributed by atoms with Gasteiger partial charge < -0.3 is 33.9 Å². The van der Waals surface area contributed by atoms with Crippen molar-refractivity contribution in [2.45, 2.75) is 239 Å². The van der Waals surface area contributed by atoms with Gasteiger partial charge in [-0.15, -0.1) is 5.10 Å². The Kier molecular flexibility index (Phi) is 44.7. The molecule has 1 atom stereocenters. The number of nitrogens with zero attached hydrogens (tertiary/aromatic N) is 12. The second-order valence-corrected chi connectivity index (χ2v) is 32.2. The molecule has 1 aromatic carbocycles. The number of likely N-dealkylation sites (N-methyl/N-ethyl adjacent to an activating group) is 1. The van der Waals surface area contributed by atoms with E-state index in [-0.39, 0.29) is 11.5 Å². The topological polar surface area (TPSA) is 145 Å². The monoisotopic (exact) mass is 1380 g/mol. The summed E-state index contributed by atoms with van der Waals surface area (Å²) in [5.41, 5.74) is 4.79. The summed E-state index contributed by atoms with van der Waals surface area (Å²) < 4.78 is 26.2. The molecule has 18 heteroatoms. The molecule has 0 aliphatic carbocycles. The van der Waals surface area contributed by atoms with E-state index in [1.54, 1.807) is 0 Å². The van der Waals surface area contributed by atoms with Crippen LogP contribution in [0.4, 0.5) is 0 Å². The summed E-state index contributed by atoms with van der Waals surface area (Å²) in [5, 5.41) is 22.0. The number of carbonyl (C=O) groups excluding carboxylic acids is 1. The van der Waals surface area contributed by atoms with Crippen LogP contribution in [0.1, 0.15) is 212 Å². The van der Waals surface area contributed by atoms with Crippen molar-refractivity contribution in [3.05, 3.63) is 65.2 Å². The summed E-state index contributed by atoms with van der Waals surface area (Å²) in [6, 6.07) is 9.83. The number of aryl methyl sites for hydroxylation is 3. The molecule has 3 aromatic rings. The number of aromatic nitrogens is 5. The highest BCUT2D eigenvalue weighted by Gasteiger charge is 2.39. The predicted molar refractivity (Wildman–Crippen MR) is 409 cm³/mol. The first-order valence-corrected chi connectivity index (χ1v) is 39.3. The van der Waals surface area contributed by atoms with Gasteiger partial charge in [0.25, 0.3) is 0 Å². The number of hydrogen-bond donors (Lipinski definition) is 1. The summed E-state index contributed by atoms with van der Waals surface area (Å²) in [5.74, 6) is 6.46. The zero-order valence-corrected chi connectivity index (χ0v) is 67.2. The molecule has 0 saturated carbocycles. The molecule has 1 unspecified atom stereocenters. The molecule has 6 saturated heterocycles. The fourth-order valence-corrected chi connectivity index (χ4v) is 13.2. The molecule has 6 fully saturated rings. The number of amides is 1. The van der Waals surface area contributed by atoms with Crippen molar-refractivity contribution in [3.8, 4) is 0 Å². The lowest BCUT2D eigenvalue weighted by Gasteiger charge is -2.46. The van der Waals surface area contributed by atoms with E-state index in [1.807, 2.05) is 54.6 Å². The highest BCUT2D eigenvalue weighted by molar-refractivity contribution is 5.76. The van der Waals surface area contributed by atoms with Gasteiger partial charge in [-0.3, -0.25) is 38.7 Å². The van der Waals surface area contributed by atoms with Crippen LogP contribution in [0, 0.1) is 47.3 Å². The normalized spacial score (nSPS) is 18.8. The Labute approximate surface area is 601 Å². The van der Waals surface area contributed by atoms with E-state index in [1.165, 1.54) is 88.2 Å². The smallest absolute Gasteiger partial charge is 0.222 e. The number of β-amino-alcohol motifs (C(OH)–C–C–N with tert-alkyl or cyclic N) is 1. The van der Waals surface area contributed by atoms with Gasteiger partial charge in [-0.25, -0.2) is 0 Å². The molecule has 9 rings (SSSR count). The summed E-state index contributed by atoms with van der Waals surface area (Å²) in [6.45, 7) is 68.8. The fraction of sp³-hybridized carbons (Fsp3) is 0.850. The second kappa shape index (κ2) is 49.3. The van der Waals surface area contributed by atoms with E-state index < -0.39 is 0 Å². The predicted octanol–water partition coefficient (Wildman–Crippen LogP) is 13.3. The molecule has 0 bridgehead atoms. The molecule has 0 spiro atoms. The fourth-order valence-electron chi connectivity index (χ4n) is 13.2. The number of ether oxygens (including phenoxy) is 4. The van der Waals surface area contributed by atoms with Gasteiger partial charge in [-0.05, 0) is 104 Å². The minimum Gasteiger partial charge on any atom is -0.387 e. The van der Waals surface area contributed by atoms with Crippen molar-refractivity contribution in [1.82, 2.24) is 59.1 Å². The molecule has 6 aliphatic heterocycles. The summed E-state index contributed by atoms with van der Waals surface area (Å²) in [6.07, 6.45) is 17.1. The zero-order valence-electron chi connectivity index (χ0n) is 67.2. The maximum absolute atomic E-state index is 11.4. The van der Waals surface area contributed by atoms with Crippen molar-refractivity contribution in [2.24, 2.45) is 54.4 Å². The van der Waals surface area contributed by atoms with Crippen LogP contribution in [0.5, 0.6) is 0 Å². The van der Waals surface area contributed by atoms with E-state index in [2.05, 4.69) is 200 Å². The van der Waals surface area contributed by atoms with Crippen LogP contribution >= 0.6 is 0 Å². The van der Waals surface area contributed by atoms with Crippen molar-refractivity contribution >= 4 is 5.91 Å². The molecule has 2 aromatic heterocycles. The molecular weight excluding hydrogens is 1220 g/mol. The van der Waals surface area contributed by atoms with Gasteiger partial charge in [0.05, 0.1) is 68.8 Å². The van der Waals surface area contributed by atoms with Crippen molar-refractivity contribution < 1.29 is 28.8 Å². The van der Waals surface area contributed by atoms with Gasteiger partial charge in [0.15, 0.2) is 0 Å². The van der Waals surface area contributed by atoms with Crippen molar-refractivity contribution in [3.63, 3.8) is 0 Å². The van der Waals surface area contributed by atoms with Crippen molar-refractivity contribution in [1.29, 1.82) is 0 Å². The van der Waals surface area contributed by atoms with Crippen LogP contribution in [-0.4, -0.2) is 245 Å². The van der Waals surface area contributed by atoms with E-state index in [4.69, 9.17) is 18.9 Å². The number of likely N-dealkylation sites (tertiary alicyclic amines) is 6. The van der Waals surface area contributed by atoms with Crippen LogP contribution in [0.15, 0.2) is 42.9 Å². The third-order valence-corrected chi connectivity index (χ3v) is 18.5. The first-order chi connectivity index (χ1) is 46.6. The number of aliphatic hydroxyl groups is 1. The highest BCUT2D eigenvalue weighted by Crippen LogP contribution is 2.31. The SMILES string of the molecule is CC(C)CN1CCCCC1c1cnn(C)c1.CCC(=O)N(C)C1CN(CC(C)C)C1.CCC1(O)CN(CC(C)C)C1.CCC1CN(CC(C)C)C1.CCCOCCOCCOC1CN(CC(C)C)C1.CCc1ccc(COC2CN(CC(C)C)C2)cc1.CCc1cn(CC(C)C)nn1. The minimum absolute atomic E-state index is 0.263. The second-order valence-electron chi connectivity index (χ2n) is 32.2. The Balaban J connectivity index is 0.000000301. The van der Waals surface area contributed by atoms with Crippen LogP contribution in [0.25, 0.3) is 0 Å². The average molecular weight is 1380 g/mol. The van der Waals surface area contributed by atoms with Gasteiger partial charge in [0, 0.05) is 162 Å². The summed E-state index contributed by atoms with van der Waals surface area (Å²) in [4.78, 5) is 28.1. The molecule has 1 amide bonds. The van der Waals surface area contributed by atoms with E-state index in [0.717, 1.165) is 158 Å². The first-order valence-electron chi connectivity index (χ1n) is 39.3. The Hall–Kier alpha value is -3.40. The molecule has 18 nitrogen and oxygen atoms in total. The Morgan fingerprint density at radius 3 is 1.53 bits per heavy atom. The van der Waals surface area contributed by atoms with Crippen molar-refractivity contribution in [2.75, 3.05) is 151 Å². The molecule has 568 valence electrons. The van der Waals surface area contributed by atoms with E-state index in [0.29, 0.717) is 63.1 Å². The number of benzene rings is 1. The van der Waals surface area contributed by atoms with Gasteiger partial charge >= 0.3 is 0 Å².